The van der Waals surface area contributed by atoms with Gasteiger partial charge in [-0.25, -0.2) is 4.68 Å². The number of nitrogens with one attached hydrogen (secondary N) is 1. The first kappa shape index (κ1) is 19.1. The van der Waals surface area contributed by atoms with Gasteiger partial charge in [-0.15, -0.1) is 0 Å². The van der Waals surface area contributed by atoms with Crippen LogP contribution in [-0.4, -0.2) is 33.4 Å². The molecular formula is C22H18N4O4. The number of amides is 2. The highest BCUT2D eigenvalue weighted by Crippen LogP contribution is 2.22. The molecule has 4 aromatic rings. The standard InChI is InChI=1S/C22H18N4O4/c23-21(28)20(27)17(12-14-13-30-19-9-5-4-8-16(14)19)25-22(29)18-10-11-24-26(18)15-6-2-1-3-7-15/h1-11,13,17H,12H2,(H2,23,28)(H,25,29). The summed E-state index contributed by atoms with van der Waals surface area (Å²) in [6.45, 7) is 0. The zero-order chi connectivity index (χ0) is 21.1. The molecule has 8 heteroatoms. The van der Waals surface area contributed by atoms with Crippen molar-refractivity contribution in [1.82, 2.24) is 15.1 Å². The molecule has 1 unspecified atom stereocenters. The van der Waals surface area contributed by atoms with E-state index in [2.05, 4.69) is 10.4 Å². The average Bonchev–Trinajstić information content (AvgIpc) is 3.41. The highest BCUT2D eigenvalue weighted by molar-refractivity contribution is 6.38. The lowest BCUT2D eigenvalue weighted by molar-refractivity contribution is -0.137. The van der Waals surface area contributed by atoms with E-state index in [4.69, 9.17) is 10.2 Å². The van der Waals surface area contributed by atoms with Crippen LogP contribution in [0, 0.1) is 0 Å². The third-order valence-electron chi connectivity index (χ3n) is 4.73. The molecule has 0 saturated carbocycles. The molecule has 0 bridgehead atoms. The zero-order valence-corrected chi connectivity index (χ0v) is 15.8. The van der Waals surface area contributed by atoms with E-state index in [1.807, 2.05) is 36.4 Å². The Hall–Kier alpha value is -4.20. The van der Waals surface area contributed by atoms with E-state index >= 15 is 0 Å². The van der Waals surface area contributed by atoms with Crippen LogP contribution in [0.25, 0.3) is 16.7 Å². The summed E-state index contributed by atoms with van der Waals surface area (Å²) in [4.78, 5) is 36.9. The van der Waals surface area contributed by atoms with E-state index in [9.17, 15) is 14.4 Å². The minimum Gasteiger partial charge on any atom is -0.464 e. The summed E-state index contributed by atoms with van der Waals surface area (Å²) in [6.07, 6.45) is 3.05. The number of hydrogen-bond donors (Lipinski definition) is 2. The highest BCUT2D eigenvalue weighted by atomic mass is 16.3. The number of rotatable bonds is 7. The number of benzene rings is 2. The number of Topliss-reactive ketones (excluding diaryl/α,β-unsaturated/α-hetero) is 1. The molecule has 0 radical (unpaired) electrons. The number of carbonyl (C=O) groups excluding carboxylic acids is 3. The SMILES string of the molecule is NC(=O)C(=O)C(Cc1coc2ccccc12)NC(=O)c1ccnn1-c1ccccc1. The maximum absolute atomic E-state index is 12.9. The predicted molar refractivity (Wildman–Crippen MR) is 109 cm³/mol. The molecule has 150 valence electrons. The summed E-state index contributed by atoms with van der Waals surface area (Å²) in [5.74, 6) is -2.56. The maximum atomic E-state index is 12.9. The minimum absolute atomic E-state index is 0.0595. The van der Waals surface area contributed by atoms with Gasteiger partial charge in [0.15, 0.2) is 0 Å². The van der Waals surface area contributed by atoms with Gasteiger partial charge in [0.1, 0.15) is 17.3 Å². The molecule has 0 aliphatic carbocycles. The van der Waals surface area contributed by atoms with Gasteiger partial charge in [-0.2, -0.15) is 5.10 Å². The van der Waals surface area contributed by atoms with Gasteiger partial charge in [-0.3, -0.25) is 14.4 Å². The fourth-order valence-electron chi connectivity index (χ4n) is 3.27. The van der Waals surface area contributed by atoms with Crippen molar-refractivity contribution in [3.8, 4) is 5.69 Å². The van der Waals surface area contributed by atoms with E-state index in [1.165, 1.54) is 23.2 Å². The predicted octanol–water partition coefficient (Wildman–Crippen LogP) is 2.01. The second-order valence-electron chi connectivity index (χ2n) is 6.68. The third-order valence-corrected chi connectivity index (χ3v) is 4.73. The van der Waals surface area contributed by atoms with E-state index in [1.54, 1.807) is 18.2 Å². The first-order chi connectivity index (χ1) is 14.5. The normalized spacial score (nSPS) is 11.9. The highest BCUT2D eigenvalue weighted by Gasteiger charge is 2.28. The zero-order valence-electron chi connectivity index (χ0n) is 15.8. The molecule has 0 spiro atoms. The van der Waals surface area contributed by atoms with Crippen LogP contribution in [0.5, 0.6) is 0 Å². The second kappa shape index (κ2) is 8.04. The van der Waals surface area contributed by atoms with Gasteiger partial charge in [0.05, 0.1) is 18.1 Å². The number of ketones is 1. The van der Waals surface area contributed by atoms with Crippen molar-refractivity contribution < 1.29 is 18.8 Å². The number of primary amides is 1. The monoisotopic (exact) mass is 402 g/mol. The number of carbonyl (C=O) groups is 3. The molecule has 4 rings (SSSR count). The van der Waals surface area contributed by atoms with Crippen molar-refractivity contribution in [2.24, 2.45) is 5.73 Å². The minimum atomic E-state index is -1.14. The molecule has 2 aromatic heterocycles. The van der Waals surface area contributed by atoms with E-state index in [0.717, 1.165) is 5.39 Å². The molecule has 2 amide bonds. The van der Waals surface area contributed by atoms with Crippen molar-refractivity contribution in [3.63, 3.8) is 0 Å². The fourth-order valence-corrected chi connectivity index (χ4v) is 3.27. The second-order valence-corrected chi connectivity index (χ2v) is 6.68. The topological polar surface area (TPSA) is 120 Å². The Morgan fingerprint density at radius 2 is 1.77 bits per heavy atom. The number of hydrogen-bond acceptors (Lipinski definition) is 5. The Morgan fingerprint density at radius 1 is 1.03 bits per heavy atom. The quantitative estimate of drug-likeness (QED) is 0.458. The van der Waals surface area contributed by atoms with Crippen molar-refractivity contribution in [3.05, 3.63) is 84.4 Å². The molecule has 30 heavy (non-hydrogen) atoms. The first-order valence-corrected chi connectivity index (χ1v) is 9.23. The molecule has 2 aromatic carbocycles. The number of para-hydroxylation sites is 2. The Morgan fingerprint density at radius 3 is 2.53 bits per heavy atom. The van der Waals surface area contributed by atoms with Gasteiger partial charge < -0.3 is 15.5 Å². The van der Waals surface area contributed by atoms with Gasteiger partial charge in [0, 0.05) is 17.4 Å². The van der Waals surface area contributed by atoms with Crippen molar-refractivity contribution >= 4 is 28.6 Å². The van der Waals surface area contributed by atoms with Crippen molar-refractivity contribution in [1.29, 1.82) is 0 Å². The largest absolute Gasteiger partial charge is 0.464 e. The maximum Gasteiger partial charge on any atom is 0.287 e. The first-order valence-electron chi connectivity index (χ1n) is 9.23. The van der Waals surface area contributed by atoms with Crippen LogP contribution < -0.4 is 11.1 Å². The number of nitrogens with two attached hydrogens (primary N) is 1. The Balaban J connectivity index is 1.62. The number of fused-ring (bicyclic) bond motifs is 1. The Kier molecular flexibility index (Phi) is 5.13. The third kappa shape index (κ3) is 3.70. The molecule has 0 fully saturated rings. The van der Waals surface area contributed by atoms with Gasteiger partial charge in [0.2, 0.25) is 5.78 Å². The Bertz CT molecular complexity index is 1230. The summed E-state index contributed by atoms with van der Waals surface area (Å²) in [7, 11) is 0. The number of aromatic nitrogens is 2. The van der Waals surface area contributed by atoms with Crippen LogP contribution in [0.4, 0.5) is 0 Å². The van der Waals surface area contributed by atoms with Crippen LogP contribution in [0.1, 0.15) is 16.1 Å². The smallest absolute Gasteiger partial charge is 0.287 e. The van der Waals surface area contributed by atoms with Gasteiger partial charge in [0.25, 0.3) is 11.8 Å². The summed E-state index contributed by atoms with van der Waals surface area (Å²) >= 11 is 0. The van der Waals surface area contributed by atoms with Gasteiger partial charge >= 0.3 is 0 Å². The lowest BCUT2D eigenvalue weighted by Crippen LogP contribution is -2.47. The molecule has 3 N–H and O–H groups in total. The van der Waals surface area contributed by atoms with Crippen LogP contribution in [0.3, 0.4) is 0 Å². The summed E-state index contributed by atoms with van der Waals surface area (Å²) in [5.41, 5.74) is 7.45. The van der Waals surface area contributed by atoms with E-state index in [-0.39, 0.29) is 12.1 Å². The van der Waals surface area contributed by atoms with Crippen LogP contribution in [0.2, 0.25) is 0 Å². The molecule has 0 aliphatic heterocycles. The Labute approximate surface area is 171 Å². The molecule has 0 aliphatic rings. The summed E-state index contributed by atoms with van der Waals surface area (Å²) in [6, 6.07) is 16.8. The number of furan rings is 1. The van der Waals surface area contributed by atoms with Gasteiger partial charge in [-0.1, -0.05) is 36.4 Å². The summed E-state index contributed by atoms with van der Waals surface area (Å²) < 4.78 is 6.94. The molecule has 8 nitrogen and oxygen atoms in total. The lowest BCUT2D eigenvalue weighted by Gasteiger charge is -2.16. The molecular weight excluding hydrogens is 384 g/mol. The summed E-state index contributed by atoms with van der Waals surface area (Å²) in [5, 5.41) is 7.59. The van der Waals surface area contributed by atoms with Crippen molar-refractivity contribution in [2.75, 3.05) is 0 Å². The van der Waals surface area contributed by atoms with Crippen LogP contribution in [0.15, 0.2) is 77.5 Å². The van der Waals surface area contributed by atoms with Crippen LogP contribution >= 0.6 is 0 Å². The number of nitrogens with zero attached hydrogens (tertiary/aromatic N) is 2. The van der Waals surface area contributed by atoms with Crippen LogP contribution in [-0.2, 0) is 16.0 Å². The fraction of sp³-hybridized carbons (Fsp3) is 0.0909. The molecule has 2 heterocycles. The van der Waals surface area contributed by atoms with E-state index in [0.29, 0.717) is 16.8 Å². The lowest BCUT2D eigenvalue weighted by atomic mass is 10.0. The molecule has 0 saturated heterocycles. The van der Waals surface area contributed by atoms with Gasteiger partial charge in [-0.05, 0) is 24.3 Å². The van der Waals surface area contributed by atoms with E-state index < -0.39 is 23.6 Å². The average molecular weight is 402 g/mol. The molecule has 1 atom stereocenters. The van der Waals surface area contributed by atoms with Crippen molar-refractivity contribution in [2.45, 2.75) is 12.5 Å².